The van der Waals surface area contributed by atoms with E-state index in [-0.39, 0.29) is 5.91 Å². The van der Waals surface area contributed by atoms with E-state index < -0.39 is 0 Å². The van der Waals surface area contributed by atoms with E-state index in [0.29, 0.717) is 21.3 Å². The Bertz CT molecular complexity index is 856. The number of fused-ring (bicyclic) bond motifs is 1. The van der Waals surface area contributed by atoms with Crippen molar-refractivity contribution in [2.24, 2.45) is 5.10 Å². The van der Waals surface area contributed by atoms with E-state index in [1.54, 1.807) is 18.2 Å². The number of halogens is 2. The molecule has 0 aliphatic carbocycles. The molecule has 0 saturated carbocycles. The number of amides is 1. The number of carbonyl (C=O) groups is 1. The molecule has 0 bridgehead atoms. The van der Waals surface area contributed by atoms with E-state index >= 15 is 0 Å². The first-order valence-corrected chi connectivity index (χ1v) is 7.81. The van der Waals surface area contributed by atoms with Gasteiger partial charge in [-0.05, 0) is 29.7 Å². The fraction of sp³-hybridized carbons (Fsp3) is 0. The zero-order chi connectivity index (χ0) is 15.5. The topological polar surface area (TPSA) is 54.4 Å². The number of aromatic nitrogens is 1. The number of nitrogens with one attached hydrogen (secondary N) is 1. The van der Waals surface area contributed by atoms with Gasteiger partial charge in [0.2, 0.25) is 0 Å². The number of hydrazone groups is 1. The van der Waals surface area contributed by atoms with Crippen molar-refractivity contribution in [1.82, 2.24) is 9.80 Å². The monoisotopic (exact) mass is 349 g/mol. The van der Waals surface area contributed by atoms with Crippen molar-refractivity contribution in [1.29, 1.82) is 0 Å². The van der Waals surface area contributed by atoms with Crippen molar-refractivity contribution in [2.75, 3.05) is 0 Å². The van der Waals surface area contributed by atoms with Gasteiger partial charge in [-0.15, -0.1) is 0 Å². The van der Waals surface area contributed by atoms with Crippen LogP contribution in [0.2, 0.25) is 10.0 Å². The van der Waals surface area contributed by atoms with Gasteiger partial charge in [-0.25, -0.2) is 5.43 Å². The highest BCUT2D eigenvalue weighted by molar-refractivity contribution is 7.13. The normalized spacial score (nSPS) is 11.2. The fourth-order valence-corrected chi connectivity index (χ4v) is 3.16. The summed E-state index contributed by atoms with van der Waals surface area (Å²) < 4.78 is 5.11. The molecule has 0 fully saturated rings. The lowest BCUT2D eigenvalue weighted by molar-refractivity contribution is 0.0953. The van der Waals surface area contributed by atoms with E-state index in [2.05, 4.69) is 14.9 Å². The van der Waals surface area contributed by atoms with Crippen LogP contribution in [0.4, 0.5) is 0 Å². The van der Waals surface area contributed by atoms with Crippen LogP contribution in [0.1, 0.15) is 16.1 Å². The number of hydrogen-bond donors (Lipinski definition) is 1. The molecule has 0 radical (unpaired) electrons. The minimum atomic E-state index is -0.378. The van der Waals surface area contributed by atoms with E-state index in [1.165, 1.54) is 17.7 Å². The number of benzene rings is 2. The van der Waals surface area contributed by atoms with Gasteiger partial charge in [0.25, 0.3) is 5.91 Å². The second-order valence-electron chi connectivity index (χ2n) is 4.36. The molecule has 1 heterocycles. The molecule has 1 aromatic heterocycles. The Balaban J connectivity index is 1.79. The Morgan fingerprint density at radius 3 is 2.64 bits per heavy atom. The Labute approximate surface area is 140 Å². The molecule has 110 valence electrons. The minimum Gasteiger partial charge on any atom is -0.265 e. The lowest BCUT2D eigenvalue weighted by Gasteiger charge is -2.00. The first-order valence-electron chi connectivity index (χ1n) is 6.28. The van der Waals surface area contributed by atoms with Crippen LogP contribution in [0.15, 0.2) is 47.6 Å². The number of rotatable bonds is 3. The Hall–Kier alpha value is -1.95. The quantitative estimate of drug-likeness (QED) is 0.563. The summed E-state index contributed by atoms with van der Waals surface area (Å²) in [6.07, 6.45) is 1.41. The van der Waals surface area contributed by atoms with Gasteiger partial charge in [-0.1, -0.05) is 47.5 Å². The molecule has 0 atom stereocenters. The van der Waals surface area contributed by atoms with Crippen molar-refractivity contribution >= 4 is 56.9 Å². The van der Waals surface area contributed by atoms with Crippen molar-refractivity contribution in [2.45, 2.75) is 0 Å². The third-order valence-corrected chi connectivity index (χ3v) is 4.44. The Morgan fingerprint density at radius 2 is 1.86 bits per heavy atom. The Morgan fingerprint density at radius 1 is 1.14 bits per heavy atom. The predicted molar refractivity (Wildman–Crippen MR) is 91.1 cm³/mol. The summed E-state index contributed by atoms with van der Waals surface area (Å²) in [5.74, 6) is -0.378. The molecule has 1 amide bonds. The van der Waals surface area contributed by atoms with Gasteiger partial charge in [-0.3, -0.25) is 4.79 Å². The third-order valence-electron chi connectivity index (χ3n) is 2.95. The van der Waals surface area contributed by atoms with Crippen LogP contribution in [0, 0.1) is 0 Å². The predicted octanol–water partition coefficient (Wildman–Crippen LogP) is 4.37. The smallest absolute Gasteiger partial charge is 0.265 e. The van der Waals surface area contributed by atoms with E-state index in [0.717, 1.165) is 10.1 Å². The molecule has 1 N–H and O–H groups in total. The number of hydrogen-bond acceptors (Lipinski definition) is 4. The molecule has 0 aliphatic rings. The van der Waals surface area contributed by atoms with Crippen molar-refractivity contribution in [3.05, 3.63) is 63.8 Å². The second-order valence-corrected chi connectivity index (χ2v) is 5.98. The van der Waals surface area contributed by atoms with Crippen molar-refractivity contribution < 1.29 is 4.79 Å². The van der Waals surface area contributed by atoms with Gasteiger partial charge < -0.3 is 0 Å². The van der Waals surface area contributed by atoms with Gasteiger partial charge in [0.15, 0.2) is 5.69 Å². The van der Waals surface area contributed by atoms with Crippen LogP contribution in [-0.2, 0) is 0 Å². The molecule has 0 aliphatic heterocycles. The second kappa shape index (κ2) is 6.44. The molecule has 4 nitrogen and oxygen atoms in total. The van der Waals surface area contributed by atoms with Crippen LogP contribution in [-0.4, -0.2) is 16.5 Å². The first kappa shape index (κ1) is 15.0. The van der Waals surface area contributed by atoms with Crippen LogP contribution in [0.25, 0.3) is 10.1 Å². The van der Waals surface area contributed by atoms with E-state index in [1.807, 2.05) is 24.3 Å². The summed E-state index contributed by atoms with van der Waals surface area (Å²) in [4.78, 5) is 12.1. The summed E-state index contributed by atoms with van der Waals surface area (Å²) in [7, 11) is 0. The van der Waals surface area contributed by atoms with Crippen LogP contribution >= 0.6 is 34.7 Å². The maximum atomic E-state index is 12.1. The van der Waals surface area contributed by atoms with Gasteiger partial charge in [-0.2, -0.15) is 9.47 Å². The molecule has 22 heavy (non-hydrogen) atoms. The Kier molecular flexibility index (Phi) is 4.38. The van der Waals surface area contributed by atoms with Crippen molar-refractivity contribution in [3.8, 4) is 0 Å². The lowest BCUT2D eigenvalue weighted by Crippen LogP contribution is -2.18. The SMILES string of the molecule is O=C(N/N=C/c1c(Cl)cccc1Cl)c1nsc2ccccc12. The molecule has 7 heteroatoms. The third kappa shape index (κ3) is 2.97. The highest BCUT2D eigenvalue weighted by Gasteiger charge is 2.13. The summed E-state index contributed by atoms with van der Waals surface area (Å²) in [6, 6.07) is 12.7. The molecular weight excluding hydrogens is 341 g/mol. The average molecular weight is 350 g/mol. The van der Waals surface area contributed by atoms with Crippen LogP contribution in [0.3, 0.4) is 0 Å². The average Bonchev–Trinajstić information content (AvgIpc) is 2.94. The summed E-state index contributed by atoms with van der Waals surface area (Å²) in [5.41, 5.74) is 3.34. The number of carbonyl (C=O) groups excluding carboxylic acids is 1. The summed E-state index contributed by atoms with van der Waals surface area (Å²) in [5, 5.41) is 5.62. The highest BCUT2D eigenvalue weighted by Crippen LogP contribution is 2.23. The van der Waals surface area contributed by atoms with Crippen molar-refractivity contribution in [3.63, 3.8) is 0 Å². The zero-order valence-electron chi connectivity index (χ0n) is 11.1. The van der Waals surface area contributed by atoms with Crippen LogP contribution < -0.4 is 5.43 Å². The van der Waals surface area contributed by atoms with E-state index in [9.17, 15) is 4.79 Å². The minimum absolute atomic E-state index is 0.350. The maximum Gasteiger partial charge on any atom is 0.291 e. The summed E-state index contributed by atoms with van der Waals surface area (Å²) in [6.45, 7) is 0. The van der Waals surface area contributed by atoms with Gasteiger partial charge in [0.1, 0.15) is 0 Å². The summed E-state index contributed by atoms with van der Waals surface area (Å²) >= 11 is 13.3. The molecular formula is C15H9Cl2N3OS. The molecule has 2 aromatic carbocycles. The lowest BCUT2D eigenvalue weighted by atomic mass is 10.2. The largest absolute Gasteiger partial charge is 0.291 e. The van der Waals surface area contributed by atoms with Gasteiger partial charge in [0, 0.05) is 10.9 Å². The fourth-order valence-electron chi connectivity index (χ4n) is 1.89. The molecule has 0 unspecified atom stereocenters. The zero-order valence-corrected chi connectivity index (χ0v) is 13.4. The molecule has 3 rings (SSSR count). The highest BCUT2D eigenvalue weighted by atomic mass is 35.5. The number of nitrogens with zero attached hydrogens (tertiary/aromatic N) is 2. The first-order chi connectivity index (χ1) is 10.7. The molecule has 3 aromatic rings. The molecule has 0 saturated heterocycles. The maximum absolute atomic E-state index is 12.1. The standard InChI is InChI=1S/C15H9Cl2N3OS/c16-11-5-3-6-12(17)10(11)8-18-19-15(21)14-9-4-1-2-7-13(9)22-20-14/h1-8H,(H,19,21)/b18-8+. The van der Waals surface area contributed by atoms with Crippen LogP contribution in [0.5, 0.6) is 0 Å². The molecule has 0 spiro atoms. The van der Waals surface area contributed by atoms with Gasteiger partial charge in [0.05, 0.1) is 21.0 Å². The van der Waals surface area contributed by atoms with Gasteiger partial charge >= 0.3 is 0 Å². The van der Waals surface area contributed by atoms with E-state index in [4.69, 9.17) is 23.2 Å².